The maximum atomic E-state index is 13.4. The number of hydrogen-bond acceptors (Lipinski definition) is 3. The number of carboxylic acids is 1. The summed E-state index contributed by atoms with van der Waals surface area (Å²) < 4.78 is 220. The number of alkyl halides is 17. The zero-order chi connectivity index (χ0) is 26.4. The molecule has 0 fully saturated rings. The van der Waals surface area contributed by atoms with Gasteiger partial charge in [0, 0.05) is 12.2 Å². The van der Waals surface area contributed by atoms with Gasteiger partial charge < -0.3 is 9.90 Å². The van der Waals surface area contributed by atoms with Crippen molar-refractivity contribution < 1.29 is 103 Å². The van der Waals surface area contributed by atoms with Crippen LogP contribution in [0.3, 0.4) is 0 Å². The molecule has 0 amide bonds. The van der Waals surface area contributed by atoms with E-state index in [1.54, 1.807) is 0 Å². The van der Waals surface area contributed by atoms with Gasteiger partial charge >= 0.3 is 66.5 Å². The quantitative estimate of drug-likeness (QED) is 0.227. The second kappa shape index (κ2) is 9.70. The van der Waals surface area contributed by atoms with Crippen molar-refractivity contribution in [3.63, 3.8) is 0 Å². The third-order valence-corrected chi connectivity index (χ3v) is 4.50. The van der Waals surface area contributed by atoms with Crippen molar-refractivity contribution in [2.75, 3.05) is 11.5 Å². The second-order valence-corrected chi connectivity index (χ2v) is 6.93. The van der Waals surface area contributed by atoms with Crippen LogP contribution in [0.15, 0.2) is 0 Å². The van der Waals surface area contributed by atoms with Crippen LogP contribution in [-0.2, 0) is 4.79 Å². The van der Waals surface area contributed by atoms with E-state index in [0.717, 1.165) is 0 Å². The number of halogens is 17. The molecule has 21 heteroatoms. The van der Waals surface area contributed by atoms with E-state index >= 15 is 0 Å². The van der Waals surface area contributed by atoms with Crippen LogP contribution in [0.4, 0.5) is 74.6 Å². The molecular formula is C12H6F17LiO2S. The maximum absolute atomic E-state index is 13.4. The molecule has 0 bridgehead atoms. The number of carbonyl (C=O) groups excluding carboxylic acids is 1. The molecule has 0 aromatic heterocycles. The fraction of sp³-hybridized carbons (Fsp3) is 0.917. The van der Waals surface area contributed by atoms with Gasteiger partial charge in [0.2, 0.25) is 0 Å². The molecule has 0 aliphatic heterocycles. The van der Waals surface area contributed by atoms with Crippen LogP contribution in [0.25, 0.3) is 0 Å². The summed E-state index contributed by atoms with van der Waals surface area (Å²) in [5.41, 5.74) is 0. The summed E-state index contributed by atoms with van der Waals surface area (Å²) in [6, 6.07) is 0. The van der Waals surface area contributed by atoms with Crippen LogP contribution in [0.2, 0.25) is 0 Å². The van der Waals surface area contributed by atoms with Gasteiger partial charge in [0.1, 0.15) is 0 Å². The Hall–Kier alpha value is -0.773. The Kier molecular flexibility index (Phi) is 10.1. The van der Waals surface area contributed by atoms with Crippen molar-refractivity contribution in [1.82, 2.24) is 0 Å². The normalized spacial score (nSPS) is 15.3. The molecule has 0 spiro atoms. The standard InChI is InChI=1S/C12H7F17O2S.Li/c13-5(14,1-2-32-3-4(30)31)6(15,16)7(17,18)8(19,20)9(21,22)10(23,24)11(25,26)12(27,28)29;/h1-3H2,(H,30,31);/q;+1/p-1. The van der Waals surface area contributed by atoms with Gasteiger partial charge in [-0.05, 0) is 5.75 Å². The predicted octanol–water partition coefficient (Wildman–Crippen LogP) is 1.87. The monoisotopic (exact) mass is 544 g/mol. The molecular weight excluding hydrogens is 538 g/mol. The third-order valence-electron chi connectivity index (χ3n) is 3.57. The summed E-state index contributed by atoms with van der Waals surface area (Å²) in [5.74, 6) is -61.4. The third kappa shape index (κ3) is 5.41. The molecule has 0 saturated heterocycles. The summed E-state index contributed by atoms with van der Waals surface area (Å²) in [5, 5.41) is 9.98. The summed E-state index contributed by atoms with van der Waals surface area (Å²) in [4.78, 5) is 9.98. The molecule has 2 nitrogen and oxygen atoms in total. The molecule has 0 atom stereocenters. The summed E-state index contributed by atoms with van der Waals surface area (Å²) in [6.45, 7) is 0. The van der Waals surface area contributed by atoms with Crippen molar-refractivity contribution in [3.8, 4) is 0 Å². The van der Waals surface area contributed by atoms with Gasteiger partial charge in [-0.3, -0.25) is 0 Å². The Morgan fingerprint density at radius 1 is 0.576 bits per heavy atom. The number of thioether (sulfide) groups is 1. The minimum atomic E-state index is -8.66. The van der Waals surface area contributed by atoms with Gasteiger partial charge in [0.15, 0.2) is 0 Å². The second-order valence-electron chi connectivity index (χ2n) is 5.82. The number of hydrogen-bond donors (Lipinski definition) is 0. The van der Waals surface area contributed by atoms with E-state index < -0.39 is 71.5 Å². The van der Waals surface area contributed by atoms with E-state index in [4.69, 9.17) is 0 Å². The maximum Gasteiger partial charge on any atom is 1.00 e. The molecule has 0 N–H and O–H groups in total. The smallest absolute Gasteiger partial charge is 0.549 e. The summed E-state index contributed by atoms with van der Waals surface area (Å²) in [6.07, 6.45) is -10.5. The number of carbonyl (C=O) groups is 1. The zero-order valence-electron chi connectivity index (χ0n) is 15.3. The molecule has 0 radical (unpaired) electrons. The molecule has 0 saturated carbocycles. The fourth-order valence-electron chi connectivity index (χ4n) is 1.71. The van der Waals surface area contributed by atoms with Crippen LogP contribution in [0.1, 0.15) is 6.42 Å². The molecule has 0 rings (SSSR count). The van der Waals surface area contributed by atoms with E-state index in [-0.39, 0.29) is 30.6 Å². The first-order valence-corrected chi connectivity index (χ1v) is 8.31. The van der Waals surface area contributed by atoms with Crippen LogP contribution in [0, 0.1) is 0 Å². The van der Waals surface area contributed by atoms with Crippen LogP contribution in [0.5, 0.6) is 0 Å². The molecule has 0 heterocycles. The summed E-state index contributed by atoms with van der Waals surface area (Å²) >= 11 is -0.262. The first-order chi connectivity index (χ1) is 13.7. The van der Waals surface area contributed by atoms with Gasteiger partial charge in [-0.1, -0.05) is 0 Å². The van der Waals surface area contributed by atoms with Crippen molar-refractivity contribution in [3.05, 3.63) is 0 Å². The van der Waals surface area contributed by atoms with Crippen molar-refractivity contribution in [2.45, 2.75) is 54.1 Å². The number of rotatable bonds is 11. The number of aliphatic carboxylic acids is 1. The molecule has 0 aromatic carbocycles. The Morgan fingerprint density at radius 3 is 1.18 bits per heavy atom. The molecule has 0 aliphatic rings. The van der Waals surface area contributed by atoms with Gasteiger partial charge in [0.05, 0.1) is 5.97 Å². The van der Waals surface area contributed by atoms with E-state index in [0.29, 0.717) is 0 Å². The first kappa shape index (κ1) is 34.4. The van der Waals surface area contributed by atoms with E-state index in [9.17, 15) is 84.5 Å². The minimum absolute atomic E-state index is 0. The topological polar surface area (TPSA) is 40.1 Å². The Morgan fingerprint density at radius 2 is 0.879 bits per heavy atom. The SMILES string of the molecule is O=C([O-])CSCCC(F)(F)C(F)(F)C(F)(F)C(F)(F)C(F)(F)C(F)(F)C(F)(F)C(F)(F)F.[Li+]. The molecule has 0 aliphatic carbocycles. The number of carboxylic acid groups (broad SMARTS) is 1. The first-order valence-electron chi connectivity index (χ1n) is 7.16. The Balaban J connectivity index is 0. The molecule has 33 heavy (non-hydrogen) atoms. The van der Waals surface area contributed by atoms with Gasteiger partial charge in [-0.2, -0.15) is 86.4 Å². The van der Waals surface area contributed by atoms with Crippen molar-refractivity contribution in [2.24, 2.45) is 0 Å². The molecule has 0 unspecified atom stereocenters. The zero-order valence-corrected chi connectivity index (χ0v) is 16.1. The Labute approximate surface area is 187 Å². The van der Waals surface area contributed by atoms with Gasteiger partial charge in [-0.25, -0.2) is 0 Å². The van der Waals surface area contributed by atoms with Gasteiger partial charge in [-0.15, -0.1) is 0 Å². The molecule has 0 aromatic rings. The van der Waals surface area contributed by atoms with E-state index in [1.807, 2.05) is 0 Å². The van der Waals surface area contributed by atoms with Crippen LogP contribution >= 0.6 is 11.8 Å². The average Bonchev–Trinajstić information content (AvgIpc) is 2.56. The average molecular weight is 544 g/mol. The van der Waals surface area contributed by atoms with Crippen LogP contribution < -0.4 is 24.0 Å². The summed E-state index contributed by atoms with van der Waals surface area (Å²) in [7, 11) is 0. The molecule has 192 valence electrons. The minimum Gasteiger partial charge on any atom is -0.549 e. The predicted molar refractivity (Wildman–Crippen MR) is 67.6 cm³/mol. The van der Waals surface area contributed by atoms with Crippen LogP contribution in [-0.4, -0.2) is 65.1 Å². The van der Waals surface area contributed by atoms with E-state index in [2.05, 4.69) is 0 Å². The van der Waals surface area contributed by atoms with Crippen molar-refractivity contribution in [1.29, 1.82) is 0 Å². The largest absolute Gasteiger partial charge is 1.00 e. The van der Waals surface area contributed by atoms with Gasteiger partial charge in [0.25, 0.3) is 0 Å². The Bertz CT molecular complexity index is 690. The fourth-order valence-corrected chi connectivity index (χ4v) is 2.42. The van der Waals surface area contributed by atoms with E-state index in [1.165, 1.54) is 0 Å². The van der Waals surface area contributed by atoms with Crippen molar-refractivity contribution >= 4 is 17.7 Å².